The molecule has 14 heavy (non-hydrogen) atoms. The number of ether oxygens (including phenoxy) is 1. The Morgan fingerprint density at radius 2 is 2.29 bits per heavy atom. The van der Waals surface area contributed by atoms with Gasteiger partial charge < -0.3 is 9.64 Å². The molecule has 4 heteroatoms. The summed E-state index contributed by atoms with van der Waals surface area (Å²) in [5.74, 6) is 0.917. The Hall–Kier alpha value is 0.230. The van der Waals surface area contributed by atoms with Gasteiger partial charge in [0.25, 0.3) is 0 Å². The van der Waals surface area contributed by atoms with Crippen molar-refractivity contribution >= 4 is 12.6 Å². The van der Waals surface area contributed by atoms with Crippen molar-refractivity contribution < 1.29 is 4.74 Å². The lowest BCUT2D eigenvalue weighted by Crippen LogP contribution is -2.45. The highest BCUT2D eigenvalue weighted by molar-refractivity contribution is 7.80. The molecule has 0 bridgehead atoms. The Bertz CT molecular complexity index is 166. The van der Waals surface area contributed by atoms with Crippen molar-refractivity contribution in [3.8, 4) is 0 Å². The van der Waals surface area contributed by atoms with Crippen LogP contribution in [0.2, 0.25) is 0 Å². The predicted octanol–water partition coefficient (Wildman–Crippen LogP) is 0.567. The van der Waals surface area contributed by atoms with E-state index in [1.807, 2.05) is 0 Å². The molecule has 0 amide bonds. The first-order chi connectivity index (χ1) is 6.65. The molecule has 0 aromatic carbocycles. The molecule has 84 valence electrons. The number of rotatable bonds is 3. The van der Waals surface area contributed by atoms with Gasteiger partial charge in [0.05, 0.1) is 13.2 Å². The van der Waals surface area contributed by atoms with Crippen molar-refractivity contribution in [1.29, 1.82) is 0 Å². The van der Waals surface area contributed by atoms with Crippen LogP contribution in [0.15, 0.2) is 0 Å². The summed E-state index contributed by atoms with van der Waals surface area (Å²) < 4.78 is 5.59. The van der Waals surface area contributed by atoms with Crippen LogP contribution in [-0.2, 0) is 4.74 Å². The van der Waals surface area contributed by atoms with E-state index in [1.54, 1.807) is 0 Å². The molecule has 2 atom stereocenters. The molecule has 1 aliphatic rings. The van der Waals surface area contributed by atoms with Crippen molar-refractivity contribution in [1.82, 2.24) is 9.80 Å². The van der Waals surface area contributed by atoms with E-state index in [1.165, 1.54) is 0 Å². The Labute approximate surface area is 92.8 Å². The Balaban J connectivity index is 2.51. The standard InChI is InChI=1S/C10H22N2OS/c1-9(8-14)12-4-5-13-7-10(6-12)11(2)3/h9-10,14H,4-8H2,1-3H3. The highest BCUT2D eigenvalue weighted by Crippen LogP contribution is 2.09. The highest BCUT2D eigenvalue weighted by atomic mass is 32.1. The molecule has 0 N–H and O–H groups in total. The first kappa shape index (κ1) is 12.3. The summed E-state index contributed by atoms with van der Waals surface area (Å²) in [6, 6.07) is 1.06. The molecule has 3 nitrogen and oxygen atoms in total. The van der Waals surface area contributed by atoms with Crippen molar-refractivity contribution in [3.05, 3.63) is 0 Å². The van der Waals surface area contributed by atoms with Gasteiger partial charge in [0.2, 0.25) is 0 Å². The third kappa shape index (κ3) is 3.42. The largest absolute Gasteiger partial charge is 0.378 e. The molecule has 0 radical (unpaired) electrons. The zero-order chi connectivity index (χ0) is 10.6. The zero-order valence-corrected chi connectivity index (χ0v) is 10.3. The first-order valence-corrected chi connectivity index (χ1v) is 5.87. The molecule has 1 rings (SSSR count). The second-order valence-corrected chi connectivity index (χ2v) is 4.58. The van der Waals surface area contributed by atoms with E-state index >= 15 is 0 Å². The lowest BCUT2D eigenvalue weighted by Gasteiger charge is -2.31. The number of likely N-dealkylation sites (N-methyl/N-ethyl adjacent to an activating group) is 1. The average Bonchev–Trinajstić information content (AvgIpc) is 2.41. The maximum Gasteiger partial charge on any atom is 0.0634 e. The van der Waals surface area contributed by atoms with Gasteiger partial charge in [0.1, 0.15) is 0 Å². The minimum Gasteiger partial charge on any atom is -0.378 e. The molecule has 2 unspecified atom stereocenters. The van der Waals surface area contributed by atoms with Gasteiger partial charge in [-0.1, -0.05) is 0 Å². The van der Waals surface area contributed by atoms with Gasteiger partial charge in [0.15, 0.2) is 0 Å². The van der Waals surface area contributed by atoms with Crippen molar-refractivity contribution in [2.75, 3.05) is 46.2 Å². The average molecular weight is 218 g/mol. The fraction of sp³-hybridized carbons (Fsp3) is 1.00. The summed E-state index contributed by atoms with van der Waals surface area (Å²) in [6.07, 6.45) is 0. The maximum atomic E-state index is 5.59. The summed E-state index contributed by atoms with van der Waals surface area (Å²) in [7, 11) is 4.23. The quantitative estimate of drug-likeness (QED) is 0.697. The summed E-state index contributed by atoms with van der Waals surface area (Å²) in [6.45, 7) is 6.05. The Morgan fingerprint density at radius 3 is 2.86 bits per heavy atom. The third-order valence-corrected chi connectivity index (χ3v) is 3.42. The maximum absolute atomic E-state index is 5.59. The lowest BCUT2D eigenvalue weighted by molar-refractivity contribution is 0.103. The second kappa shape index (κ2) is 5.95. The van der Waals surface area contributed by atoms with Crippen LogP contribution in [0.4, 0.5) is 0 Å². The smallest absolute Gasteiger partial charge is 0.0634 e. The molecule has 1 fully saturated rings. The molecule has 0 aromatic heterocycles. The van der Waals surface area contributed by atoms with E-state index < -0.39 is 0 Å². The Morgan fingerprint density at radius 1 is 1.57 bits per heavy atom. The Kier molecular flexibility index (Phi) is 5.23. The van der Waals surface area contributed by atoms with E-state index in [9.17, 15) is 0 Å². The second-order valence-electron chi connectivity index (χ2n) is 4.22. The molecular weight excluding hydrogens is 196 g/mol. The van der Waals surface area contributed by atoms with Crippen LogP contribution in [-0.4, -0.2) is 68.0 Å². The van der Waals surface area contributed by atoms with Crippen LogP contribution >= 0.6 is 12.6 Å². The van der Waals surface area contributed by atoms with E-state index in [0.717, 1.165) is 32.1 Å². The fourth-order valence-corrected chi connectivity index (χ4v) is 1.87. The van der Waals surface area contributed by atoms with Gasteiger partial charge in [0, 0.05) is 30.9 Å². The topological polar surface area (TPSA) is 15.7 Å². The van der Waals surface area contributed by atoms with Gasteiger partial charge in [-0.25, -0.2) is 0 Å². The normalized spacial score (nSPS) is 27.6. The van der Waals surface area contributed by atoms with Crippen LogP contribution in [0, 0.1) is 0 Å². The highest BCUT2D eigenvalue weighted by Gasteiger charge is 2.22. The van der Waals surface area contributed by atoms with Crippen LogP contribution in [0.5, 0.6) is 0 Å². The van der Waals surface area contributed by atoms with Gasteiger partial charge in [-0.2, -0.15) is 12.6 Å². The summed E-state index contributed by atoms with van der Waals surface area (Å²) in [4.78, 5) is 4.70. The fourth-order valence-electron chi connectivity index (χ4n) is 1.64. The van der Waals surface area contributed by atoms with E-state index in [2.05, 4.69) is 43.4 Å². The molecule has 0 aromatic rings. The van der Waals surface area contributed by atoms with Gasteiger partial charge >= 0.3 is 0 Å². The molecule has 1 aliphatic heterocycles. The van der Waals surface area contributed by atoms with E-state index in [0.29, 0.717) is 12.1 Å². The zero-order valence-electron chi connectivity index (χ0n) is 9.44. The lowest BCUT2D eigenvalue weighted by atomic mass is 10.2. The van der Waals surface area contributed by atoms with Crippen molar-refractivity contribution in [2.24, 2.45) is 0 Å². The molecule has 0 saturated carbocycles. The monoisotopic (exact) mass is 218 g/mol. The molecule has 1 heterocycles. The molecule has 0 spiro atoms. The van der Waals surface area contributed by atoms with Gasteiger partial charge in [-0.05, 0) is 21.0 Å². The van der Waals surface area contributed by atoms with Crippen molar-refractivity contribution in [2.45, 2.75) is 19.0 Å². The van der Waals surface area contributed by atoms with Crippen molar-refractivity contribution in [3.63, 3.8) is 0 Å². The SMILES string of the molecule is CC(CS)N1CCOCC(N(C)C)C1. The van der Waals surface area contributed by atoms with Crippen LogP contribution in [0.1, 0.15) is 6.92 Å². The minimum absolute atomic E-state index is 0.514. The summed E-state index contributed by atoms with van der Waals surface area (Å²) in [5.41, 5.74) is 0. The van der Waals surface area contributed by atoms with Gasteiger partial charge in [-0.3, -0.25) is 4.90 Å². The van der Waals surface area contributed by atoms with E-state index in [4.69, 9.17) is 4.74 Å². The number of hydrogen-bond acceptors (Lipinski definition) is 4. The molecule has 1 saturated heterocycles. The summed E-state index contributed by atoms with van der Waals surface area (Å²) in [5, 5.41) is 0. The van der Waals surface area contributed by atoms with Crippen LogP contribution < -0.4 is 0 Å². The third-order valence-electron chi connectivity index (χ3n) is 2.90. The molecule has 0 aliphatic carbocycles. The number of thiol groups is 1. The van der Waals surface area contributed by atoms with Crippen LogP contribution in [0.25, 0.3) is 0 Å². The number of nitrogens with zero attached hydrogens (tertiary/aromatic N) is 2. The first-order valence-electron chi connectivity index (χ1n) is 5.24. The van der Waals surface area contributed by atoms with E-state index in [-0.39, 0.29) is 0 Å². The van der Waals surface area contributed by atoms with Crippen LogP contribution in [0.3, 0.4) is 0 Å². The molecular formula is C10H22N2OS. The number of hydrogen-bond donors (Lipinski definition) is 1. The summed E-state index contributed by atoms with van der Waals surface area (Å²) >= 11 is 4.35. The van der Waals surface area contributed by atoms with Gasteiger partial charge in [-0.15, -0.1) is 0 Å². The predicted molar refractivity (Wildman–Crippen MR) is 63.2 cm³/mol. The minimum atomic E-state index is 0.514.